The molecule has 2 aromatic rings. The summed E-state index contributed by atoms with van der Waals surface area (Å²) in [5.41, 5.74) is 2.53. The summed E-state index contributed by atoms with van der Waals surface area (Å²) in [4.78, 5) is 35.0. The number of ether oxygens (including phenoxy) is 1. The zero-order valence-electron chi connectivity index (χ0n) is 17.6. The van der Waals surface area contributed by atoms with Crippen molar-refractivity contribution in [3.63, 3.8) is 0 Å². The minimum absolute atomic E-state index is 0.0229. The molecule has 8 nitrogen and oxygen atoms in total. The molecule has 0 aliphatic carbocycles. The zero-order valence-corrected chi connectivity index (χ0v) is 17.6. The molecule has 2 N–H and O–H groups in total. The second-order valence-corrected chi connectivity index (χ2v) is 7.42. The van der Waals surface area contributed by atoms with Crippen LogP contribution in [-0.4, -0.2) is 57.7 Å². The van der Waals surface area contributed by atoms with Crippen LogP contribution in [0, 0.1) is 6.92 Å². The number of aromatic nitrogens is 2. The molecular formula is C21H23F3N4O4. The number of aliphatic hydroxyl groups excluding tert-OH is 1. The summed E-state index contributed by atoms with van der Waals surface area (Å²) in [6.45, 7) is 2.14. The number of nitrogens with zero attached hydrogens (tertiary/aromatic N) is 3. The third kappa shape index (κ3) is 5.34. The van der Waals surface area contributed by atoms with Crippen LogP contribution in [-0.2, 0) is 17.8 Å². The lowest BCUT2D eigenvalue weighted by Crippen LogP contribution is -2.29. The monoisotopic (exact) mass is 452 g/mol. The van der Waals surface area contributed by atoms with Gasteiger partial charge in [-0.05, 0) is 31.5 Å². The molecule has 1 atom stereocenters. The number of halogens is 3. The lowest BCUT2D eigenvalue weighted by atomic mass is 10.1. The summed E-state index contributed by atoms with van der Waals surface area (Å²) in [5, 5.41) is 11.4. The Balaban J connectivity index is 1.76. The first-order valence-electron chi connectivity index (χ1n) is 9.92. The summed E-state index contributed by atoms with van der Waals surface area (Å²) >= 11 is 0. The second kappa shape index (κ2) is 9.51. The van der Waals surface area contributed by atoms with Gasteiger partial charge >= 0.3 is 6.18 Å². The third-order valence-electron chi connectivity index (χ3n) is 5.10. The van der Waals surface area contributed by atoms with Crippen LogP contribution in [0.3, 0.4) is 0 Å². The number of carbonyl (C=O) groups is 2. The first kappa shape index (κ1) is 23.5. The Morgan fingerprint density at radius 2 is 2.12 bits per heavy atom. The molecule has 2 amide bonds. The van der Waals surface area contributed by atoms with Crippen molar-refractivity contribution in [2.24, 2.45) is 0 Å². The predicted octanol–water partition coefficient (Wildman–Crippen LogP) is 2.09. The van der Waals surface area contributed by atoms with Crippen LogP contribution in [0.25, 0.3) is 0 Å². The molecule has 1 unspecified atom stereocenters. The van der Waals surface area contributed by atoms with E-state index in [1.165, 1.54) is 12.4 Å². The molecule has 1 aliphatic rings. The summed E-state index contributed by atoms with van der Waals surface area (Å²) < 4.78 is 42.0. The van der Waals surface area contributed by atoms with Crippen molar-refractivity contribution in [1.82, 2.24) is 20.2 Å². The van der Waals surface area contributed by atoms with E-state index in [9.17, 15) is 22.8 Å². The van der Waals surface area contributed by atoms with Gasteiger partial charge in [-0.15, -0.1) is 0 Å². The first-order chi connectivity index (χ1) is 15.1. The highest BCUT2D eigenvalue weighted by Crippen LogP contribution is 2.33. The van der Waals surface area contributed by atoms with Crippen molar-refractivity contribution in [1.29, 1.82) is 0 Å². The Morgan fingerprint density at radius 1 is 1.38 bits per heavy atom. The van der Waals surface area contributed by atoms with Crippen molar-refractivity contribution in [3.8, 4) is 5.75 Å². The Morgan fingerprint density at radius 3 is 2.78 bits per heavy atom. The van der Waals surface area contributed by atoms with Crippen LogP contribution in [0.2, 0.25) is 0 Å². The highest BCUT2D eigenvalue weighted by molar-refractivity contribution is 5.99. The van der Waals surface area contributed by atoms with Gasteiger partial charge in [-0.2, -0.15) is 13.2 Å². The van der Waals surface area contributed by atoms with Gasteiger partial charge in [-0.25, -0.2) is 0 Å². The number of hydrogen-bond donors (Lipinski definition) is 2. The number of fused-ring (bicyclic) bond motifs is 1. The summed E-state index contributed by atoms with van der Waals surface area (Å²) in [5.74, 6) is -0.538. The van der Waals surface area contributed by atoms with Gasteiger partial charge in [-0.3, -0.25) is 19.6 Å². The minimum atomic E-state index is -4.45. The maximum absolute atomic E-state index is 13.0. The molecule has 0 fully saturated rings. The smallest absolute Gasteiger partial charge is 0.422 e. The molecule has 2 aromatic heterocycles. The number of aryl methyl sites for hydroxylation is 1. The summed E-state index contributed by atoms with van der Waals surface area (Å²) in [6.07, 6.45) is -1.79. The zero-order chi connectivity index (χ0) is 23.5. The highest BCUT2D eigenvalue weighted by Gasteiger charge is 2.34. The first-order valence-corrected chi connectivity index (χ1v) is 9.92. The number of pyridine rings is 2. The minimum Gasteiger partial charge on any atom is -0.482 e. The standard InChI is InChI=1S/C21H23F3N4O4/c1-12-7-16(27-9-18(12)32-11-21(22,23)24)13(2)28-10-15-14(20(28)31)3-4-25-17(15)8-19(30)26-5-6-29/h3-4,7,9,13,29H,5-6,8,10-11H2,1-2H3,(H,26,30). The van der Waals surface area contributed by atoms with E-state index in [0.29, 0.717) is 28.1 Å². The largest absolute Gasteiger partial charge is 0.482 e. The van der Waals surface area contributed by atoms with Gasteiger partial charge in [0.25, 0.3) is 5.91 Å². The SMILES string of the molecule is Cc1cc(C(C)N2Cc3c(ccnc3CC(=O)NCCO)C2=O)ncc1OCC(F)(F)F. The predicted molar refractivity (Wildman–Crippen MR) is 107 cm³/mol. The topological polar surface area (TPSA) is 105 Å². The fourth-order valence-electron chi connectivity index (χ4n) is 3.45. The van der Waals surface area contributed by atoms with Gasteiger partial charge in [0.1, 0.15) is 5.75 Å². The summed E-state index contributed by atoms with van der Waals surface area (Å²) in [6, 6.07) is 2.71. The van der Waals surface area contributed by atoms with Gasteiger partial charge < -0.3 is 20.1 Å². The lowest BCUT2D eigenvalue weighted by Gasteiger charge is -2.24. The van der Waals surface area contributed by atoms with E-state index >= 15 is 0 Å². The molecule has 0 saturated heterocycles. The van der Waals surface area contributed by atoms with E-state index in [1.807, 2.05) is 0 Å². The molecule has 3 heterocycles. The fourth-order valence-corrected chi connectivity index (χ4v) is 3.45. The maximum atomic E-state index is 13.0. The Labute approximate surface area is 182 Å². The molecule has 172 valence electrons. The normalized spacial score (nSPS) is 14.3. The summed E-state index contributed by atoms with van der Waals surface area (Å²) in [7, 11) is 0. The molecule has 1 aliphatic heterocycles. The van der Waals surface area contributed by atoms with E-state index in [1.54, 1.807) is 30.9 Å². The highest BCUT2D eigenvalue weighted by atomic mass is 19.4. The Hall–Kier alpha value is -3.21. The average molecular weight is 452 g/mol. The van der Waals surface area contributed by atoms with E-state index in [0.717, 1.165) is 0 Å². The number of carbonyl (C=O) groups excluding carboxylic acids is 2. The van der Waals surface area contributed by atoms with Crippen LogP contribution in [0.5, 0.6) is 5.75 Å². The van der Waals surface area contributed by atoms with Gasteiger partial charge in [0.15, 0.2) is 6.61 Å². The maximum Gasteiger partial charge on any atom is 0.422 e. The number of alkyl halides is 3. The van der Waals surface area contributed by atoms with Crippen molar-refractivity contribution in [2.45, 2.75) is 39.0 Å². The third-order valence-corrected chi connectivity index (χ3v) is 5.10. The molecule has 0 spiro atoms. The second-order valence-electron chi connectivity index (χ2n) is 7.42. The van der Waals surface area contributed by atoms with E-state index < -0.39 is 18.8 Å². The fraction of sp³-hybridized carbons (Fsp3) is 0.429. The number of amides is 2. The van der Waals surface area contributed by atoms with E-state index in [4.69, 9.17) is 9.84 Å². The molecule has 0 saturated carbocycles. The molecule has 0 radical (unpaired) electrons. The molecule has 32 heavy (non-hydrogen) atoms. The van der Waals surface area contributed by atoms with Crippen LogP contribution in [0.15, 0.2) is 24.5 Å². The van der Waals surface area contributed by atoms with Crippen LogP contribution >= 0.6 is 0 Å². The van der Waals surface area contributed by atoms with Gasteiger partial charge in [-0.1, -0.05) is 0 Å². The molecule has 3 rings (SSSR count). The molecule has 0 bridgehead atoms. The van der Waals surface area contributed by atoms with Crippen LogP contribution in [0.4, 0.5) is 13.2 Å². The molecule has 11 heteroatoms. The number of aliphatic hydroxyl groups is 1. The molecule has 0 aromatic carbocycles. The van der Waals surface area contributed by atoms with E-state index in [-0.39, 0.29) is 43.7 Å². The van der Waals surface area contributed by atoms with E-state index in [2.05, 4.69) is 15.3 Å². The lowest BCUT2D eigenvalue weighted by molar-refractivity contribution is -0.153. The van der Waals surface area contributed by atoms with Crippen LogP contribution < -0.4 is 10.1 Å². The van der Waals surface area contributed by atoms with Crippen LogP contribution in [0.1, 0.15) is 45.8 Å². The number of rotatable bonds is 8. The molecular weight excluding hydrogens is 429 g/mol. The average Bonchev–Trinajstić information content (AvgIpc) is 3.08. The van der Waals surface area contributed by atoms with Crippen molar-refractivity contribution >= 4 is 11.8 Å². The number of nitrogens with one attached hydrogen (secondary N) is 1. The van der Waals surface area contributed by atoms with Gasteiger partial charge in [0, 0.05) is 30.4 Å². The number of hydrogen-bond acceptors (Lipinski definition) is 6. The van der Waals surface area contributed by atoms with Crippen molar-refractivity contribution in [2.75, 3.05) is 19.8 Å². The van der Waals surface area contributed by atoms with Gasteiger partial charge in [0.05, 0.1) is 36.7 Å². The Kier molecular flexibility index (Phi) is 6.97. The Bertz CT molecular complexity index is 1010. The quantitative estimate of drug-likeness (QED) is 0.636. The van der Waals surface area contributed by atoms with Crippen molar-refractivity contribution < 1.29 is 32.6 Å². The van der Waals surface area contributed by atoms with Crippen molar-refractivity contribution in [3.05, 3.63) is 52.6 Å². The van der Waals surface area contributed by atoms with Gasteiger partial charge in [0.2, 0.25) is 5.91 Å².